The highest BCUT2D eigenvalue weighted by Gasteiger charge is 2.58. The first-order valence-corrected chi connectivity index (χ1v) is 11.8. The highest BCUT2D eigenvalue weighted by molar-refractivity contribution is 6.13. The van der Waals surface area contributed by atoms with E-state index in [0.29, 0.717) is 44.0 Å². The molecule has 2 amide bonds. The summed E-state index contributed by atoms with van der Waals surface area (Å²) >= 11 is 0. The zero-order chi connectivity index (χ0) is 24.0. The van der Waals surface area contributed by atoms with Crippen molar-refractivity contribution < 1.29 is 23.8 Å². The topological polar surface area (TPSA) is 77.1 Å². The van der Waals surface area contributed by atoms with Crippen molar-refractivity contribution in [1.29, 1.82) is 0 Å². The normalized spacial score (nSPS) is 21.9. The van der Waals surface area contributed by atoms with Crippen molar-refractivity contribution in [3.05, 3.63) is 95.1 Å². The summed E-state index contributed by atoms with van der Waals surface area (Å²) in [6.45, 7) is 1.48. The molecule has 6 rings (SSSR count). The third-order valence-corrected chi connectivity index (χ3v) is 7.24. The number of hydrogen-bond donors (Lipinski definition) is 1. The number of hydrogen-bond acceptors (Lipinski definition) is 5. The van der Waals surface area contributed by atoms with Crippen molar-refractivity contribution in [2.45, 2.75) is 24.2 Å². The maximum absolute atomic E-state index is 14.5. The van der Waals surface area contributed by atoms with E-state index < -0.39 is 11.2 Å². The number of methoxy groups -OCH3 is 1. The summed E-state index contributed by atoms with van der Waals surface area (Å²) in [4.78, 5) is 29.4. The molecule has 0 bridgehead atoms. The van der Waals surface area contributed by atoms with Crippen LogP contribution in [0.3, 0.4) is 0 Å². The van der Waals surface area contributed by atoms with Gasteiger partial charge in [-0.1, -0.05) is 66.7 Å². The fourth-order valence-electron chi connectivity index (χ4n) is 5.67. The summed E-state index contributed by atoms with van der Waals surface area (Å²) < 4.78 is 17.1. The second kappa shape index (κ2) is 8.30. The van der Waals surface area contributed by atoms with E-state index in [1.54, 1.807) is 7.11 Å². The molecule has 0 radical (unpaired) electrons. The fourth-order valence-corrected chi connectivity index (χ4v) is 5.67. The third kappa shape index (κ3) is 3.09. The first-order chi connectivity index (χ1) is 17.1. The smallest absolute Gasteiger partial charge is 0.289 e. The Hall–Kier alpha value is -3.52. The molecule has 1 atom stereocenters. The number of nitrogens with zero attached hydrogens (tertiary/aromatic N) is 1. The third-order valence-electron chi connectivity index (χ3n) is 7.24. The Morgan fingerprint density at radius 1 is 0.886 bits per heavy atom. The van der Waals surface area contributed by atoms with Gasteiger partial charge in [0.25, 0.3) is 11.7 Å². The lowest BCUT2D eigenvalue weighted by atomic mass is 9.71. The monoisotopic (exact) mass is 470 g/mol. The van der Waals surface area contributed by atoms with Gasteiger partial charge in [0.15, 0.2) is 0 Å². The van der Waals surface area contributed by atoms with Gasteiger partial charge in [-0.25, -0.2) is 0 Å². The maximum Gasteiger partial charge on any atom is 0.289 e. The van der Waals surface area contributed by atoms with Crippen LogP contribution in [0.5, 0.6) is 0 Å². The van der Waals surface area contributed by atoms with Crippen molar-refractivity contribution in [1.82, 2.24) is 0 Å². The van der Waals surface area contributed by atoms with Crippen molar-refractivity contribution in [3.8, 4) is 0 Å². The second-order valence-electron chi connectivity index (χ2n) is 9.04. The van der Waals surface area contributed by atoms with Crippen LogP contribution in [0.2, 0.25) is 0 Å². The van der Waals surface area contributed by atoms with Crippen LogP contribution in [0.1, 0.15) is 28.7 Å². The summed E-state index contributed by atoms with van der Waals surface area (Å²) in [6.07, 6.45) is 0.422. The molecule has 3 aliphatic rings. The Bertz CT molecular complexity index is 1300. The fraction of sp³-hybridized carbons (Fsp3) is 0.286. The van der Waals surface area contributed by atoms with E-state index >= 15 is 0 Å². The molecule has 1 spiro atoms. The molecule has 1 fully saturated rings. The van der Waals surface area contributed by atoms with Crippen LogP contribution in [0.25, 0.3) is 0 Å². The molecular weight excluding hydrogens is 444 g/mol. The van der Waals surface area contributed by atoms with Gasteiger partial charge in [0.05, 0.1) is 25.4 Å². The first-order valence-electron chi connectivity index (χ1n) is 11.8. The number of anilines is 2. The van der Waals surface area contributed by atoms with E-state index in [-0.39, 0.29) is 11.8 Å². The minimum Gasteiger partial charge on any atom is -0.385 e. The van der Waals surface area contributed by atoms with Gasteiger partial charge < -0.3 is 24.4 Å². The van der Waals surface area contributed by atoms with Gasteiger partial charge in [-0.3, -0.25) is 9.59 Å². The van der Waals surface area contributed by atoms with Gasteiger partial charge in [-0.2, -0.15) is 0 Å². The van der Waals surface area contributed by atoms with Gasteiger partial charge in [0, 0.05) is 25.0 Å². The highest BCUT2D eigenvalue weighted by atomic mass is 16.7. The molecule has 1 N–H and O–H groups in total. The molecule has 7 nitrogen and oxygen atoms in total. The Balaban J connectivity index is 1.55. The Labute approximate surface area is 203 Å². The molecule has 3 aliphatic heterocycles. The van der Waals surface area contributed by atoms with Crippen molar-refractivity contribution in [3.63, 3.8) is 0 Å². The minimum atomic E-state index is -1.46. The lowest BCUT2D eigenvalue weighted by Crippen LogP contribution is -2.42. The number of benzene rings is 3. The Morgan fingerprint density at radius 2 is 1.57 bits per heavy atom. The SMILES string of the molecule is COCC[C@@]1(c2cccc3c2NC(=O)C32OCCO2)C(=O)N(Cc2ccccc2)c2ccccc21. The number of ether oxygens (including phenoxy) is 3. The van der Waals surface area contributed by atoms with Crippen LogP contribution >= 0.6 is 0 Å². The Kier molecular flexibility index (Phi) is 5.21. The maximum atomic E-state index is 14.5. The molecular formula is C28H26N2O5. The van der Waals surface area contributed by atoms with Crippen molar-refractivity contribution in [2.24, 2.45) is 0 Å². The molecule has 3 heterocycles. The van der Waals surface area contributed by atoms with Crippen molar-refractivity contribution >= 4 is 23.2 Å². The standard InChI is InChI=1S/C28H26N2O5/c1-33-15-14-27(21-11-7-12-22-24(21)29-25(31)28(22)34-16-17-35-28)20-10-5-6-13-23(20)30(26(27)32)18-19-8-3-2-4-9-19/h2-13H,14-18H2,1H3,(H,29,31)/t27-/m1/s1. The van der Waals surface area contributed by atoms with Gasteiger partial charge in [0.1, 0.15) is 5.41 Å². The van der Waals surface area contributed by atoms with E-state index in [1.165, 1.54) is 0 Å². The average molecular weight is 471 g/mol. The second-order valence-corrected chi connectivity index (χ2v) is 9.04. The number of fused-ring (bicyclic) bond motifs is 3. The highest BCUT2D eigenvalue weighted by Crippen LogP contribution is 2.54. The van der Waals surface area contributed by atoms with Crippen LogP contribution in [0.4, 0.5) is 11.4 Å². The molecule has 0 unspecified atom stereocenters. The van der Waals surface area contributed by atoms with Gasteiger partial charge >= 0.3 is 0 Å². The lowest BCUT2D eigenvalue weighted by Gasteiger charge is -2.31. The van der Waals surface area contributed by atoms with E-state index in [4.69, 9.17) is 14.2 Å². The zero-order valence-electron chi connectivity index (χ0n) is 19.5. The molecule has 178 valence electrons. The molecule has 0 saturated carbocycles. The number of amides is 2. The van der Waals surface area contributed by atoms with E-state index in [1.807, 2.05) is 77.7 Å². The first kappa shape index (κ1) is 22.0. The lowest BCUT2D eigenvalue weighted by molar-refractivity contribution is -0.178. The van der Waals surface area contributed by atoms with E-state index in [9.17, 15) is 9.59 Å². The molecule has 1 saturated heterocycles. The number of rotatable bonds is 6. The summed E-state index contributed by atoms with van der Waals surface area (Å²) in [5, 5.41) is 2.99. The van der Waals surface area contributed by atoms with Gasteiger partial charge in [-0.05, 0) is 29.2 Å². The summed E-state index contributed by atoms with van der Waals surface area (Å²) in [6, 6.07) is 23.4. The Morgan fingerprint density at radius 3 is 2.34 bits per heavy atom. The number of para-hydroxylation sites is 2. The van der Waals surface area contributed by atoms with E-state index in [0.717, 1.165) is 22.4 Å². The van der Waals surface area contributed by atoms with Crippen LogP contribution < -0.4 is 10.2 Å². The molecule has 3 aromatic carbocycles. The summed E-state index contributed by atoms with van der Waals surface area (Å²) in [7, 11) is 1.63. The zero-order valence-corrected chi connectivity index (χ0v) is 19.5. The molecule has 0 aliphatic carbocycles. The van der Waals surface area contributed by atoms with Crippen LogP contribution in [-0.2, 0) is 41.5 Å². The quantitative estimate of drug-likeness (QED) is 0.595. The van der Waals surface area contributed by atoms with Crippen LogP contribution in [0, 0.1) is 0 Å². The van der Waals surface area contributed by atoms with Crippen molar-refractivity contribution in [2.75, 3.05) is 37.1 Å². The predicted molar refractivity (Wildman–Crippen MR) is 130 cm³/mol. The molecule has 3 aromatic rings. The number of carbonyl (C=O) groups excluding carboxylic acids is 2. The molecule has 35 heavy (non-hydrogen) atoms. The molecule has 7 heteroatoms. The summed E-state index contributed by atoms with van der Waals surface area (Å²) in [5.41, 5.74) is 3.68. The van der Waals surface area contributed by atoms with Crippen LogP contribution in [-0.4, -0.2) is 38.7 Å². The van der Waals surface area contributed by atoms with E-state index in [2.05, 4.69) is 5.32 Å². The summed E-state index contributed by atoms with van der Waals surface area (Å²) in [5.74, 6) is -1.87. The predicted octanol–water partition coefficient (Wildman–Crippen LogP) is 3.71. The number of nitrogens with one attached hydrogen (secondary N) is 1. The number of carbonyl (C=O) groups is 2. The molecule has 0 aromatic heterocycles. The minimum absolute atomic E-state index is 0.0449. The van der Waals surface area contributed by atoms with Gasteiger partial charge in [0.2, 0.25) is 5.91 Å². The van der Waals surface area contributed by atoms with Crippen LogP contribution in [0.15, 0.2) is 72.8 Å². The largest absolute Gasteiger partial charge is 0.385 e. The average Bonchev–Trinajstić information content (AvgIpc) is 3.56. The van der Waals surface area contributed by atoms with Gasteiger partial charge in [-0.15, -0.1) is 0 Å².